The minimum absolute atomic E-state index is 0.222. The van der Waals surface area contributed by atoms with Crippen molar-refractivity contribution in [2.75, 3.05) is 5.33 Å². The molecule has 0 spiro atoms. The molecule has 0 aliphatic rings. The molecule has 0 saturated heterocycles. The smallest absolute Gasteiger partial charge is 0.143 e. The number of hydrogen-bond acceptors (Lipinski definition) is 2. The number of alkyl halides is 1. The monoisotopic (exact) mass is 246 g/mol. The second-order valence-electron chi connectivity index (χ2n) is 2.97. The van der Waals surface area contributed by atoms with Gasteiger partial charge in [0.2, 0.25) is 0 Å². The van der Waals surface area contributed by atoms with Crippen molar-refractivity contribution in [3.8, 4) is 0 Å². The third-order valence-electron chi connectivity index (χ3n) is 1.72. The maximum absolute atomic E-state index is 10.9. The number of halogens is 1. The lowest BCUT2D eigenvalue weighted by atomic mass is 10.1. The van der Waals surface area contributed by atoms with Crippen LogP contribution in [0.4, 0.5) is 0 Å². The van der Waals surface area contributed by atoms with E-state index in [0.717, 1.165) is 19.1 Å². The minimum Gasteiger partial charge on any atom is -0.303 e. The number of carbonyl (C=O) groups excluding carboxylic acids is 2. The van der Waals surface area contributed by atoms with Crippen LogP contribution in [0.15, 0.2) is 11.6 Å². The lowest BCUT2D eigenvalue weighted by Gasteiger charge is -1.96. The summed E-state index contributed by atoms with van der Waals surface area (Å²) >= 11 is 3.11. The van der Waals surface area contributed by atoms with Crippen LogP contribution < -0.4 is 0 Å². The Hall–Kier alpha value is -0.440. The minimum atomic E-state index is 0.222. The third-order valence-corrected chi connectivity index (χ3v) is 2.35. The normalized spacial score (nSPS) is 11.4. The first-order valence-electron chi connectivity index (χ1n) is 4.37. The third kappa shape index (κ3) is 7.91. The highest BCUT2D eigenvalue weighted by molar-refractivity contribution is 9.09. The summed E-state index contributed by atoms with van der Waals surface area (Å²) in [7, 11) is 0. The summed E-state index contributed by atoms with van der Waals surface area (Å²) < 4.78 is 0. The first-order chi connectivity index (χ1) is 6.20. The van der Waals surface area contributed by atoms with Crippen LogP contribution in [-0.2, 0) is 9.59 Å². The zero-order chi connectivity index (χ0) is 10.1. The molecule has 0 aliphatic carbocycles. The van der Waals surface area contributed by atoms with Crippen LogP contribution in [0, 0.1) is 0 Å². The number of rotatable bonds is 7. The van der Waals surface area contributed by atoms with Crippen molar-refractivity contribution in [2.24, 2.45) is 0 Å². The molecule has 0 atom stereocenters. The van der Waals surface area contributed by atoms with Crippen LogP contribution in [0.25, 0.3) is 0 Å². The second kappa shape index (κ2) is 8.17. The van der Waals surface area contributed by atoms with Gasteiger partial charge in [0, 0.05) is 12.8 Å². The van der Waals surface area contributed by atoms with E-state index in [9.17, 15) is 9.59 Å². The molecule has 0 rings (SSSR count). The highest BCUT2D eigenvalue weighted by Crippen LogP contribution is 2.05. The van der Waals surface area contributed by atoms with Crippen molar-refractivity contribution in [2.45, 2.75) is 32.6 Å². The van der Waals surface area contributed by atoms with Gasteiger partial charge >= 0.3 is 0 Å². The zero-order valence-corrected chi connectivity index (χ0v) is 9.47. The van der Waals surface area contributed by atoms with Gasteiger partial charge < -0.3 is 4.79 Å². The van der Waals surface area contributed by atoms with Gasteiger partial charge in [-0.3, -0.25) is 4.79 Å². The summed E-state index contributed by atoms with van der Waals surface area (Å²) in [5, 5.41) is 0.439. The van der Waals surface area contributed by atoms with Crippen LogP contribution in [0.2, 0.25) is 0 Å². The Bertz CT molecular complexity index is 197. The summed E-state index contributed by atoms with van der Waals surface area (Å²) in [4.78, 5) is 20.9. The molecular formula is C10H15BrO2. The molecule has 0 unspecified atom stereocenters. The maximum Gasteiger partial charge on any atom is 0.143 e. The average molecular weight is 247 g/mol. The quantitative estimate of drug-likeness (QED) is 0.393. The highest BCUT2D eigenvalue weighted by atomic mass is 79.9. The first-order valence-corrected chi connectivity index (χ1v) is 5.49. The molecule has 3 heteroatoms. The van der Waals surface area contributed by atoms with E-state index >= 15 is 0 Å². The van der Waals surface area contributed by atoms with E-state index < -0.39 is 0 Å². The van der Waals surface area contributed by atoms with Gasteiger partial charge in [-0.1, -0.05) is 27.6 Å². The molecule has 0 saturated carbocycles. The van der Waals surface area contributed by atoms with Crippen LogP contribution in [-0.4, -0.2) is 17.4 Å². The van der Waals surface area contributed by atoms with Gasteiger partial charge in [-0.05, 0) is 19.8 Å². The average Bonchev–Trinajstić information content (AvgIpc) is 2.14. The second-order valence-corrected chi connectivity index (χ2v) is 3.53. The summed E-state index contributed by atoms with van der Waals surface area (Å²) in [6, 6.07) is 0. The van der Waals surface area contributed by atoms with E-state index in [-0.39, 0.29) is 5.78 Å². The molecule has 2 nitrogen and oxygen atoms in total. The lowest BCUT2D eigenvalue weighted by Crippen LogP contribution is -1.96. The van der Waals surface area contributed by atoms with Crippen LogP contribution in [0.5, 0.6) is 0 Å². The standard InChI is InChI=1S/C10H15BrO2/c1-9(5-3-7-12)4-2-6-10(13)8-11/h4,7H,2-3,5-6,8H2,1H3/b9-4+. The van der Waals surface area contributed by atoms with Gasteiger partial charge in [-0.15, -0.1) is 0 Å². The van der Waals surface area contributed by atoms with Crippen molar-refractivity contribution in [3.05, 3.63) is 11.6 Å². The zero-order valence-electron chi connectivity index (χ0n) is 7.88. The van der Waals surface area contributed by atoms with Gasteiger partial charge in [-0.2, -0.15) is 0 Å². The van der Waals surface area contributed by atoms with Gasteiger partial charge in [0.1, 0.15) is 12.1 Å². The Balaban J connectivity index is 3.58. The molecule has 0 bridgehead atoms. The van der Waals surface area contributed by atoms with Crippen molar-refractivity contribution in [1.82, 2.24) is 0 Å². The predicted molar refractivity (Wildman–Crippen MR) is 57.1 cm³/mol. The Kier molecular flexibility index (Phi) is 7.90. The van der Waals surface area contributed by atoms with Crippen molar-refractivity contribution in [1.29, 1.82) is 0 Å². The highest BCUT2D eigenvalue weighted by Gasteiger charge is 1.96. The Morgan fingerprint density at radius 2 is 2.00 bits per heavy atom. The van der Waals surface area contributed by atoms with Gasteiger partial charge in [0.05, 0.1) is 5.33 Å². The van der Waals surface area contributed by atoms with E-state index in [2.05, 4.69) is 15.9 Å². The Labute approximate surface area is 87.5 Å². The molecule has 0 fully saturated rings. The molecular weight excluding hydrogens is 232 g/mol. The summed E-state index contributed by atoms with van der Waals surface area (Å²) in [6.07, 6.45) is 5.71. The number of allylic oxidation sites excluding steroid dienone is 2. The molecule has 0 aliphatic heterocycles. The molecule has 74 valence electrons. The van der Waals surface area contributed by atoms with E-state index in [1.807, 2.05) is 13.0 Å². The van der Waals surface area contributed by atoms with Crippen LogP contribution >= 0.6 is 15.9 Å². The van der Waals surface area contributed by atoms with Gasteiger partial charge in [-0.25, -0.2) is 0 Å². The van der Waals surface area contributed by atoms with Gasteiger partial charge in [0.15, 0.2) is 0 Å². The molecule has 13 heavy (non-hydrogen) atoms. The number of ketones is 1. The van der Waals surface area contributed by atoms with E-state index in [0.29, 0.717) is 18.2 Å². The summed E-state index contributed by atoms with van der Waals surface area (Å²) in [5.41, 5.74) is 1.19. The molecule has 0 radical (unpaired) electrons. The number of aldehydes is 1. The van der Waals surface area contributed by atoms with E-state index in [4.69, 9.17) is 0 Å². The SMILES string of the molecule is C/C(=C\CCC(=O)CBr)CCC=O. The molecule has 0 N–H and O–H groups in total. The number of Topliss-reactive ketones (excluding diaryl/α,β-unsaturated/α-hetero) is 1. The largest absolute Gasteiger partial charge is 0.303 e. The van der Waals surface area contributed by atoms with Crippen molar-refractivity contribution in [3.63, 3.8) is 0 Å². The summed E-state index contributed by atoms with van der Waals surface area (Å²) in [5.74, 6) is 0.222. The summed E-state index contributed by atoms with van der Waals surface area (Å²) in [6.45, 7) is 1.99. The maximum atomic E-state index is 10.9. The lowest BCUT2D eigenvalue weighted by molar-refractivity contribution is -0.116. The first kappa shape index (κ1) is 12.6. The topological polar surface area (TPSA) is 34.1 Å². The number of hydrogen-bond donors (Lipinski definition) is 0. The predicted octanol–water partition coefficient (Wildman–Crippen LogP) is 2.66. The molecule has 0 amide bonds. The van der Waals surface area contributed by atoms with Crippen LogP contribution in [0.3, 0.4) is 0 Å². The molecule has 0 aromatic rings. The number of carbonyl (C=O) groups is 2. The van der Waals surface area contributed by atoms with Crippen molar-refractivity contribution >= 4 is 28.0 Å². The fourth-order valence-corrected chi connectivity index (χ4v) is 1.22. The van der Waals surface area contributed by atoms with E-state index in [1.165, 1.54) is 5.57 Å². The Morgan fingerprint density at radius 3 is 2.54 bits per heavy atom. The Morgan fingerprint density at radius 1 is 1.31 bits per heavy atom. The van der Waals surface area contributed by atoms with Crippen LogP contribution in [0.1, 0.15) is 32.6 Å². The molecule has 0 aromatic carbocycles. The molecule has 0 heterocycles. The van der Waals surface area contributed by atoms with E-state index in [1.54, 1.807) is 0 Å². The van der Waals surface area contributed by atoms with Gasteiger partial charge in [0.25, 0.3) is 0 Å². The fourth-order valence-electron chi connectivity index (χ4n) is 0.935. The molecule has 0 aromatic heterocycles. The fraction of sp³-hybridized carbons (Fsp3) is 0.600. The van der Waals surface area contributed by atoms with Crippen molar-refractivity contribution < 1.29 is 9.59 Å².